The minimum absolute atomic E-state index is 0.127. The van der Waals surface area contributed by atoms with Crippen LogP contribution in [0.3, 0.4) is 0 Å². The van der Waals surface area contributed by atoms with Crippen LogP contribution >= 0.6 is 0 Å². The highest BCUT2D eigenvalue weighted by atomic mass is 16.5. The monoisotopic (exact) mass is 315 g/mol. The molecule has 1 aromatic heterocycles. The van der Waals surface area contributed by atoms with Crippen LogP contribution in [0.5, 0.6) is 5.88 Å². The molecular weight excluding hydrogens is 298 g/mol. The van der Waals surface area contributed by atoms with Crippen LogP contribution in [0.4, 0.5) is 5.69 Å². The van der Waals surface area contributed by atoms with Crippen LogP contribution in [-0.2, 0) is 4.79 Å². The van der Waals surface area contributed by atoms with Crippen LogP contribution in [0.2, 0.25) is 0 Å². The van der Waals surface area contributed by atoms with E-state index in [2.05, 4.69) is 15.8 Å². The third-order valence-corrected chi connectivity index (χ3v) is 3.28. The molecule has 0 atom stereocenters. The van der Waals surface area contributed by atoms with Crippen molar-refractivity contribution in [3.8, 4) is 5.88 Å². The number of carbonyl (C=O) groups is 2. The van der Waals surface area contributed by atoms with Crippen LogP contribution in [-0.4, -0.2) is 29.6 Å². The number of aryl methyl sites for hydroxylation is 1. The standard InChI is InChI=1S/C16H17N3O4/c1-10-7-15(19-23-10)22-9-14(20)17-13-4-2-3-11(8-13)16(21)18-12-5-6-12/h2-4,7-8,12H,5-6,9H2,1H3,(H,17,20)(H,18,21). The van der Waals surface area contributed by atoms with E-state index in [1.165, 1.54) is 0 Å². The van der Waals surface area contributed by atoms with Crippen LogP contribution < -0.4 is 15.4 Å². The highest BCUT2D eigenvalue weighted by molar-refractivity contribution is 5.97. The largest absolute Gasteiger partial charge is 0.465 e. The zero-order chi connectivity index (χ0) is 16.2. The minimum atomic E-state index is -0.342. The molecule has 0 unspecified atom stereocenters. The molecule has 0 spiro atoms. The van der Waals surface area contributed by atoms with Crippen LogP contribution in [0.1, 0.15) is 29.0 Å². The average molecular weight is 315 g/mol. The fourth-order valence-corrected chi connectivity index (χ4v) is 1.98. The van der Waals surface area contributed by atoms with Crippen molar-refractivity contribution < 1.29 is 18.8 Å². The Kier molecular flexibility index (Phi) is 4.27. The van der Waals surface area contributed by atoms with Crippen molar-refractivity contribution in [2.75, 3.05) is 11.9 Å². The Labute approximate surface area is 133 Å². The van der Waals surface area contributed by atoms with Gasteiger partial charge in [0.25, 0.3) is 17.7 Å². The molecule has 1 aromatic carbocycles. The summed E-state index contributed by atoms with van der Waals surface area (Å²) in [5.74, 6) is 0.397. The lowest BCUT2D eigenvalue weighted by molar-refractivity contribution is -0.118. The Morgan fingerprint density at radius 2 is 2.17 bits per heavy atom. The summed E-state index contributed by atoms with van der Waals surface area (Å²) in [5, 5.41) is 9.22. The topological polar surface area (TPSA) is 93.5 Å². The van der Waals surface area contributed by atoms with Crippen molar-refractivity contribution in [3.63, 3.8) is 0 Å². The number of benzene rings is 1. The van der Waals surface area contributed by atoms with E-state index in [0.29, 0.717) is 23.1 Å². The third kappa shape index (κ3) is 4.32. The fourth-order valence-electron chi connectivity index (χ4n) is 1.98. The Morgan fingerprint density at radius 1 is 1.35 bits per heavy atom. The second-order valence-corrected chi connectivity index (χ2v) is 5.44. The number of rotatable bonds is 6. The highest BCUT2D eigenvalue weighted by Crippen LogP contribution is 2.20. The van der Waals surface area contributed by atoms with Gasteiger partial charge in [-0.1, -0.05) is 6.07 Å². The van der Waals surface area contributed by atoms with Gasteiger partial charge >= 0.3 is 0 Å². The second kappa shape index (κ2) is 6.51. The maximum atomic E-state index is 12.0. The smallest absolute Gasteiger partial charge is 0.262 e. The molecule has 0 bridgehead atoms. The second-order valence-electron chi connectivity index (χ2n) is 5.44. The number of hydrogen-bond acceptors (Lipinski definition) is 5. The molecule has 2 aromatic rings. The van der Waals surface area contributed by atoms with E-state index >= 15 is 0 Å². The van der Waals surface area contributed by atoms with E-state index < -0.39 is 0 Å². The first-order valence-corrected chi connectivity index (χ1v) is 7.37. The predicted molar refractivity (Wildman–Crippen MR) is 82.3 cm³/mol. The summed E-state index contributed by atoms with van der Waals surface area (Å²) in [5.41, 5.74) is 1.06. The lowest BCUT2D eigenvalue weighted by Crippen LogP contribution is -2.25. The molecule has 120 valence electrons. The van der Waals surface area contributed by atoms with Crippen molar-refractivity contribution in [3.05, 3.63) is 41.7 Å². The molecule has 1 heterocycles. The molecular formula is C16H17N3O4. The number of nitrogens with zero attached hydrogens (tertiary/aromatic N) is 1. The maximum absolute atomic E-state index is 12.0. The Morgan fingerprint density at radius 3 is 2.87 bits per heavy atom. The summed E-state index contributed by atoms with van der Waals surface area (Å²) in [6.45, 7) is 1.54. The molecule has 7 heteroatoms. The first-order valence-electron chi connectivity index (χ1n) is 7.37. The lowest BCUT2D eigenvalue weighted by atomic mass is 10.2. The summed E-state index contributed by atoms with van der Waals surface area (Å²) in [4.78, 5) is 23.8. The molecule has 1 aliphatic carbocycles. The van der Waals surface area contributed by atoms with Crippen molar-refractivity contribution in [1.29, 1.82) is 0 Å². The maximum Gasteiger partial charge on any atom is 0.262 e. The number of anilines is 1. The van der Waals surface area contributed by atoms with E-state index in [9.17, 15) is 9.59 Å². The molecule has 23 heavy (non-hydrogen) atoms. The van der Waals surface area contributed by atoms with E-state index in [0.717, 1.165) is 12.8 Å². The number of amides is 2. The number of carbonyl (C=O) groups excluding carboxylic acids is 2. The van der Waals surface area contributed by atoms with Crippen LogP contribution in [0.25, 0.3) is 0 Å². The molecule has 3 rings (SSSR count). The molecule has 0 saturated heterocycles. The number of nitrogens with one attached hydrogen (secondary N) is 2. The highest BCUT2D eigenvalue weighted by Gasteiger charge is 2.23. The summed E-state index contributed by atoms with van der Waals surface area (Å²) in [7, 11) is 0. The van der Waals surface area contributed by atoms with Crippen molar-refractivity contribution in [2.45, 2.75) is 25.8 Å². The van der Waals surface area contributed by atoms with Crippen molar-refractivity contribution in [1.82, 2.24) is 10.5 Å². The van der Waals surface area contributed by atoms with Gasteiger partial charge in [0.1, 0.15) is 5.76 Å². The summed E-state index contributed by atoms with van der Waals surface area (Å²) in [6.07, 6.45) is 2.06. The van der Waals surface area contributed by atoms with Gasteiger partial charge in [-0.05, 0) is 43.1 Å². The van der Waals surface area contributed by atoms with Gasteiger partial charge in [0.05, 0.1) is 0 Å². The van der Waals surface area contributed by atoms with Crippen molar-refractivity contribution in [2.24, 2.45) is 0 Å². The number of ether oxygens (including phenoxy) is 1. The lowest BCUT2D eigenvalue weighted by Gasteiger charge is -2.08. The predicted octanol–water partition coefficient (Wildman–Crippen LogP) is 1.89. The summed E-state index contributed by atoms with van der Waals surface area (Å²) >= 11 is 0. The SMILES string of the molecule is Cc1cc(OCC(=O)Nc2cccc(C(=O)NC3CC3)c2)no1. The zero-order valence-corrected chi connectivity index (χ0v) is 12.7. The van der Waals surface area contributed by atoms with Gasteiger partial charge in [-0.2, -0.15) is 0 Å². The molecule has 2 amide bonds. The molecule has 7 nitrogen and oxygen atoms in total. The Hall–Kier alpha value is -2.83. The van der Waals surface area contributed by atoms with Crippen LogP contribution in [0.15, 0.2) is 34.9 Å². The first-order chi connectivity index (χ1) is 11.1. The molecule has 0 aliphatic heterocycles. The molecule has 2 N–H and O–H groups in total. The van der Waals surface area contributed by atoms with Gasteiger partial charge in [0.15, 0.2) is 6.61 Å². The molecule has 1 fully saturated rings. The molecule has 1 aliphatic rings. The Balaban J connectivity index is 1.54. The zero-order valence-electron chi connectivity index (χ0n) is 12.7. The van der Waals surface area contributed by atoms with Gasteiger partial charge in [-0.3, -0.25) is 9.59 Å². The van der Waals surface area contributed by atoms with Gasteiger partial charge in [0.2, 0.25) is 0 Å². The molecule has 0 radical (unpaired) electrons. The van der Waals surface area contributed by atoms with Gasteiger partial charge < -0.3 is 19.9 Å². The van der Waals surface area contributed by atoms with Crippen LogP contribution in [0, 0.1) is 6.92 Å². The van der Waals surface area contributed by atoms with Gasteiger partial charge in [-0.25, -0.2) is 0 Å². The van der Waals surface area contributed by atoms with E-state index in [-0.39, 0.29) is 24.3 Å². The van der Waals surface area contributed by atoms with E-state index in [1.54, 1.807) is 37.3 Å². The van der Waals surface area contributed by atoms with Gasteiger partial charge in [0, 0.05) is 23.4 Å². The third-order valence-electron chi connectivity index (χ3n) is 3.28. The van der Waals surface area contributed by atoms with E-state index in [1.807, 2.05) is 0 Å². The van der Waals surface area contributed by atoms with E-state index in [4.69, 9.17) is 9.26 Å². The summed E-state index contributed by atoms with van der Waals surface area (Å²) < 4.78 is 10.0. The number of hydrogen-bond donors (Lipinski definition) is 2. The summed E-state index contributed by atoms with van der Waals surface area (Å²) in [6, 6.07) is 8.67. The molecule has 1 saturated carbocycles. The fraction of sp³-hybridized carbons (Fsp3) is 0.312. The average Bonchev–Trinajstić information content (AvgIpc) is 3.25. The van der Waals surface area contributed by atoms with Crippen molar-refractivity contribution >= 4 is 17.5 Å². The Bertz CT molecular complexity index is 722. The first kappa shape index (κ1) is 15.1. The van der Waals surface area contributed by atoms with Gasteiger partial charge in [-0.15, -0.1) is 0 Å². The quantitative estimate of drug-likeness (QED) is 0.849. The normalized spacial score (nSPS) is 13.4. The minimum Gasteiger partial charge on any atom is -0.465 e. The number of aromatic nitrogens is 1.